The van der Waals surface area contributed by atoms with Crippen LogP contribution >= 0.6 is 0 Å². The number of rotatable bonds is 9. The van der Waals surface area contributed by atoms with Crippen molar-refractivity contribution < 1.29 is 14.3 Å². The first kappa shape index (κ1) is 26.2. The van der Waals surface area contributed by atoms with E-state index in [1.54, 1.807) is 0 Å². The van der Waals surface area contributed by atoms with Gasteiger partial charge in [0.15, 0.2) is 11.5 Å². The number of aromatic nitrogens is 4. The summed E-state index contributed by atoms with van der Waals surface area (Å²) in [7, 11) is 0. The Morgan fingerprint density at radius 2 is 1.90 bits per heavy atom. The summed E-state index contributed by atoms with van der Waals surface area (Å²) in [5, 5.41) is 8.58. The van der Waals surface area contributed by atoms with Crippen molar-refractivity contribution in [3.8, 4) is 22.8 Å². The Balaban J connectivity index is 1.52. The number of unbranched alkanes of at least 4 members (excludes halogenated alkanes) is 1. The van der Waals surface area contributed by atoms with Crippen LogP contribution in [0.15, 0.2) is 73.2 Å². The summed E-state index contributed by atoms with van der Waals surface area (Å²) >= 11 is 0. The highest BCUT2D eigenvalue weighted by atomic mass is 16.5. The minimum Gasteiger partial charge on any atom is -0.457 e. The molecule has 0 saturated carbocycles. The molecule has 0 spiro atoms. The third-order valence-corrected chi connectivity index (χ3v) is 6.68. The number of piperidine rings is 1. The van der Waals surface area contributed by atoms with E-state index in [1.165, 1.54) is 6.33 Å². The Morgan fingerprint density at radius 1 is 1.10 bits per heavy atom. The number of carbonyl (C=O) groups excluding carboxylic acids is 1. The monoisotopic (exact) mass is 526 g/mol. The number of para-hydroxylation sites is 1. The van der Waals surface area contributed by atoms with Gasteiger partial charge in [-0.05, 0) is 68.8 Å². The number of nitrogens with one attached hydrogen (secondary N) is 1. The smallest absolute Gasteiger partial charge is 0.412 e. The Bertz CT molecular complexity index is 1420. The van der Waals surface area contributed by atoms with E-state index in [4.69, 9.17) is 14.6 Å². The van der Waals surface area contributed by atoms with Gasteiger partial charge >= 0.3 is 6.09 Å². The van der Waals surface area contributed by atoms with E-state index in [2.05, 4.69) is 39.4 Å². The average Bonchev–Trinajstić information content (AvgIpc) is 3.35. The molecule has 3 heterocycles. The van der Waals surface area contributed by atoms with Crippen molar-refractivity contribution in [2.45, 2.75) is 45.6 Å². The summed E-state index contributed by atoms with van der Waals surface area (Å²) in [5.74, 6) is 1.87. The molecular formula is C30H34N6O3. The fourth-order valence-corrected chi connectivity index (χ4v) is 4.80. The lowest BCUT2D eigenvalue weighted by Crippen LogP contribution is -2.33. The van der Waals surface area contributed by atoms with Gasteiger partial charge in [-0.1, -0.05) is 37.6 Å². The number of hydrogen-bond acceptors (Lipinski definition) is 7. The third-order valence-electron chi connectivity index (χ3n) is 6.68. The van der Waals surface area contributed by atoms with Crippen molar-refractivity contribution in [3.05, 3.63) is 73.2 Å². The van der Waals surface area contributed by atoms with E-state index in [9.17, 15) is 4.79 Å². The van der Waals surface area contributed by atoms with Gasteiger partial charge in [-0.15, -0.1) is 0 Å². The molecule has 1 atom stereocenters. The maximum absolute atomic E-state index is 12.6. The van der Waals surface area contributed by atoms with Gasteiger partial charge in [0.2, 0.25) is 0 Å². The van der Waals surface area contributed by atoms with Gasteiger partial charge in [0.25, 0.3) is 0 Å². The van der Waals surface area contributed by atoms with Crippen LogP contribution in [0.4, 0.5) is 10.6 Å². The normalized spacial score (nSPS) is 15.5. The summed E-state index contributed by atoms with van der Waals surface area (Å²) < 4.78 is 13.3. The maximum Gasteiger partial charge on any atom is 0.412 e. The van der Waals surface area contributed by atoms with Crippen LogP contribution in [-0.4, -0.2) is 50.4 Å². The van der Waals surface area contributed by atoms with Crippen LogP contribution in [0.2, 0.25) is 0 Å². The van der Waals surface area contributed by atoms with Crippen LogP contribution in [-0.2, 0) is 4.74 Å². The van der Waals surface area contributed by atoms with Crippen LogP contribution < -0.4 is 10.1 Å². The number of fused-ring (bicyclic) bond motifs is 1. The van der Waals surface area contributed by atoms with Crippen LogP contribution in [0.25, 0.3) is 22.3 Å². The van der Waals surface area contributed by atoms with Gasteiger partial charge in [-0.3, -0.25) is 5.32 Å². The number of likely N-dealkylation sites (tertiary alicyclic amines) is 1. The van der Waals surface area contributed by atoms with Crippen molar-refractivity contribution in [2.24, 2.45) is 0 Å². The highest BCUT2D eigenvalue weighted by Crippen LogP contribution is 2.36. The highest BCUT2D eigenvalue weighted by Gasteiger charge is 2.26. The van der Waals surface area contributed by atoms with Gasteiger partial charge in [0, 0.05) is 18.7 Å². The number of carbonyl (C=O) groups is 1. The molecule has 2 aromatic carbocycles. The lowest BCUT2D eigenvalue weighted by molar-refractivity contribution is 0.160. The number of allylic oxidation sites excluding steroid dienone is 1. The van der Waals surface area contributed by atoms with E-state index in [0.717, 1.165) is 55.8 Å². The SMILES string of the molecule is CC=CN1CCC[C@@H](n2nc(-c3ccc(Oc4ccccc4)cc3)c3c(NC(=O)OCCCC)ncnc32)C1. The van der Waals surface area contributed by atoms with Crippen molar-refractivity contribution in [1.29, 1.82) is 0 Å². The number of amides is 1. The molecule has 1 N–H and O–H groups in total. The maximum atomic E-state index is 12.6. The van der Waals surface area contributed by atoms with Crippen molar-refractivity contribution in [2.75, 3.05) is 25.0 Å². The first-order chi connectivity index (χ1) is 19.2. The molecule has 1 amide bonds. The van der Waals surface area contributed by atoms with Gasteiger partial charge in [-0.2, -0.15) is 5.10 Å². The molecule has 5 rings (SSSR count). The summed E-state index contributed by atoms with van der Waals surface area (Å²) in [6.07, 6.45) is 8.90. The summed E-state index contributed by atoms with van der Waals surface area (Å²) in [5.41, 5.74) is 2.25. The van der Waals surface area contributed by atoms with Gasteiger partial charge in [0.05, 0.1) is 18.0 Å². The molecule has 1 aliphatic heterocycles. The standard InChI is InChI=1S/C30H34N6O3/c1-3-5-19-38-30(37)33-28-26-27(22-13-15-25(16-14-22)39-24-11-7-6-8-12-24)34-36(29(26)32-21-31-28)23-10-9-18-35(20-23)17-4-2/h4,6-8,11-17,21,23H,3,5,9-10,18-20H2,1-2H3,(H,31,32,33,37)/t23-/m1/s1. The fraction of sp³-hybridized carbons (Fsp3) is 0.333. The molecule has 9 heteroatoms. The lowest BCUT2D eigenvalue weighted by Gasteiger charge is -2.32. The van der Waals surface area contributed by atoms with Crippen molar-refractivity contribution in [3.63, 3.8) is 0 Å². The van der Waals surface area contributed by atoms with Crippen LogP contribution in [0.1, 0.15) is 45.6 Å². The number of benzene rings is 2. The van der Waals surface area contributed by atoms with E-state index in [-0.39, 0.29) is 6.04 Å². The zero-order valence-corrected chi connectivity index (χ0v) is 22.4. The number of anilines is 1. The molecule has 0 unspecified atom stereocenters. The Hall–Kier alpha value is -4.40. The average molecular weight is 527 g/mol. The first-order valence-corrected chi connectivity index (χ1v) is 13.5. The predicted octanol–water partition coefficient (Wildman–Crippen LogP) is 6.80. The minimum absolute atomic E-state index is 0.131. The van der Waals surface area contributed by atoms with E-state index >= 15 is 0 Å². The molecule has 0 radical (unpaired) electrons. The molecule has 202 valence electrons. The Morgan fingerprint density at radius 3 is 2.67 bits per heavy atom. The molecule has 9 nitrogen and oxygen atoms in total. The molecular weight excluding hydrogens is 492 g/mol. The molecule has 1 fully saturated rings. The fourth-order valence-electron chi connectivity index (χ4n) is 4.80. The molecule has 0 bridgehead atoms. The number of ether oxygens (including phenoxy) is 2. The van der Waals surface area contributed by atoms with E-state index in [1.807, 2.05) is 66.2 Å². The van der Waals surface area contributed by atoms with Crippen molar-refractivity contribution >= 4 is 22.9 Å². The molecule has 2 aromatic heterocycles. The summed E-state index contributed by atoms with van der Waals surface area (Å²) in [6.45, 7) is 6.28. The second-order valence-corrected chi connectivity index (χ2v) is 9.54. The Kier molecular flexibility index (Phi) is 8.36. The van der Waals surface area contributed by atoms with Crippen LogP contribution in [0.3, 0.4) is 0 Å². The second kappa shape index (κ2) is 12.4. The highest BCUT2D eigenvalue weighted by molar-refractivity contribution is 6.03. The van der Waals surface area contributed by atoms with E-state index < -0.39 is 6.09 Å². The van der Waals surface area contributed by atoms with E-state index in [0.29, 0.717) is 29.2 Å². The molecule has 4 aromatic rings. The van der Waals surface area contributed by atoms with Crippen molar-refractivity contribution in [1.82, 2.24) is 24.6 Å². The van der Waals surface area contributed by atoms with Gasteiger partial charge < -0.3 is 14.4 Å². The topological polar surface area (TPSA) is 94.4 Å². The second-order valence-electron chi connectivity index (χ2n) is 9.54. The van der Waals surface area contributed by atoms with Gasteiger partial charge in [0.1, 0.15) is 23.5 Å². The van der Waals surface area contributed by atoms with Crippen LogP contribution in [0, 0.1) is 0 Å². The number of hydrogen-bond donors (Lipinski definition) is 1. The summed E-state index contributed by atoms with van der Waals surface area (Å²) in [4.78, 5) is 23.9. The quantitative estimate of drug-likeness (QED) is 0.240. The zero-order valence-electron chi connectivity index (χ0n) is 22.4. The number of nitrogens with zero attached hydrogens (tertiary/aromatic N) is 5. The summed E-state index contributed by atoms with van der Waals surface area (Å²) in [6, 6.07) is 17.6. The van der Waals surface area contributed by atoms with Crippen LogP contribution in [0.5, 0.6) is 11.5 Å². The zero-order chi connectivity index (χ0) is 27.0. The van der Waals surface area contributed by atoms with Gasteiger partial charge in [-0.25, -0.2) is 19.4 Å². The Labute approximate surface area is 228 Å². The third kappa shape index (κ3) is 6.19. The predicted molar refractivity (Wildman–Crippen MR) is 152 cm³/mol. The first-order valence-electron chi connectivity index (χ1n) is 13.5. The minimum atomic E-state index is -0.536. The largest absolute Gasteiger partial charge is 0.457 e. The molecule has 1 saturated heterocycles. The molecule has 0 aliphatic carbocycles. The lowest BCUT2D eigenvalue weighted by atomic mass is 10.1. The molecule has 1 aliphatic rings. The molecule has 39 heavy (non-hydrogen) atoms.